The lowest BCUT2D eigenvalue weighted by molar-refractivity contribution is 0.0747. The van der Waals surface area contributed by atoms with E-state index in [1.54, 1.807) is 24.3 Å². The van der Waals surface area contributed by atoms with E-state index in [0.717, 1.165) is 24.3 Å². The van der Waals surface area contributed by atoms with Crippen LogP contribution in [0.3, 0.4) is 0 Å². The van der Waals surface area contributed by atoms with Gasteiger partial charge < -0.3 is 9.80 Å². The van der Waals surface area contributed by atoms with Crippen molar-refractivity contribution in [3.63, 3.8) is 0 Å². The summed E-state index contributed by atoms with van der Waals surface area (Å²) in [6, 6.07) is 26.0. The molecule has 1 aliphatic rings. The van der Waals surface area contributed by atoms with Crippen LogP contribution in [-0.4, -0.2) is 45.4 Å². The molecule has 8 heteroatoms. The predicted molar refractivity (Wildman–Crippen MR) is 127 cm³/mol. The first-order chi connectivity index (χ1) is 15.5. The summed E-state index contributed by atoms with van der Waals surface area (Å²) in [7, 11) is -3.72. The van der Waals surface area contributed by atoms with Gasteiger partial charge in [-0.3, -0.25) is 9.52 Å². The first-order valence-corrected chi connectivity index (χ1v) is 12.0. The van der Waals surface area contributed by atoms with Gasteiger partial charge >= 0.3 is 0 Å². The highest BCUT2D eigenvalue weighted by molar-refractivity contribution is 7.90. The highest BCUT2D eigenvalue weighted by Crippen LogP contribution is 2.18. The Morgan fingerprint density at radius 2 is 1.38 bits per heavy atom. The van der Waals surface area contributed by atoms with Crippen LogP contribution in [0.15, 0.2) is 84.9 Å². The van der Waals surface area contributed by atoms with Crippen molar-refractivity contribution in [3.8, 4) is 0 Å². The first-order valence-electron chi connectivity index (χ1n) is 10.5. The second kappa shape index (κ2) is 9.84. The van der Waals surface area contributed by atoms with Crippen LogP contribution >= 0.6 is 0 Å². The lowest BCUT2D eigenvalue weighted by Gasteiger charge is -2.36. The van der Waals surface area contributed by atoms with Crippen molar-refractivity contribution in [3.05, 3.63) is 96.1 Å². The molecule has 0 unspecified atom stereocenters. The highest BCUT2D eigenvalue weighted by atomic mass is 32.2. The number of nitrogens with zero attached hydrogens (tertiary/aromatic N) is 2. The largest absolute Gasteiger partial charge is 0.368 e. The molecule has 0 aromatic heterocycles. The normalized spacial score (nSPS) is 14.2. The van der Waals surface area contributed by atoms with E-state index in [0.29, 0.717) is 24.3 Å². The summed E-state index contributed by atoms with van der Waals surface area (Å²) in [5, 5.41) is 0. The van der Waals surface area contributed by atoms with Gasteiger partial charge in [-0.2, -0.15) is 13.1 Å². The van der Waals surface area contributed by atoms with E-state index in [9.17, 15) is 13.2 Å². The quantitative estimate of drug-likeness (QED) is 0.580. The summed E-state index contributed by atoms with van der Waals surface area (Å²) in [6.07, 6.45) is 0. The van der Waals surface area contributed by atoms with Gasteiger partial charge in [0.2, 0.25) is 0 Å². The van der Waals surface area contributed by atoms with E-state index in [-0.39, 0.29) is 12.5 Å². The number of rotatable bonds is 7. The zero-order valence-corrected chi connectivity index (χ0v) is 18.5. The maximum absolute atomic E-state index is 12.9. The third-order valence-corrected chi connectivity index (χ3v) is 6.41. The van der Waals surface area contributed by atoms with E-state index < -0.39 is 10.2 Å². The van der Waals surface area contributed by atoms with Crippen LogP contribution in [0.4, 0.5) is 11.4 Å². The van der Waals surface area contributed by atoms with Crippen molar-refractivity contribution in [2.24, 2.45) is 0 Å². The van der Waals surface area contributed by atoms with Gasteiger partial charge in [-0.15, -0.1) is 0 Å². The second-order valence-electron chi connectivity index (χ2n) is 7.60. The summed E-state index contributed by atoms with van der Waals surface area (Å²) >= 11 is 0. The van der Waals surface area contributed by atoms with Gasteiger partial charge in [-0.25, -0.2) is 0 Å². The SMILES string of the molecule is O=C(c1ccc(NS(=O)(=O)NCc2ccccc2)cc1)N1CCN(c2ccccc2)CC1. The highest BCUT2D eigenvalue weighted by Gasteiger charge is 2.22. The van der Waals surface area contributed by atoms with Gasteiger partial charge in [0.15, 0.2) is 0 Å². The first kappa shape index (κ1) is 21.9. The maximum Gasteiger partial charge on any atom is 0.299 e. The molecule has 1 saturated heterocycles. The monoisotopic (exact) mass is 450 g/mol. The maximum atomic E-state index is 12.9. The van der Waals surface area contributed by atoms with Gasteiger partial charge in [0.25, 0.3) is 16.1 Å². The molecule has 32 heavy (non-hydrogen) atoms. The molecule has 3 aromatic rings. The van der Waals surface area contributed by atoms with Crippen LogP contribution in [0, 0.1) is 0 Å². The minimum atomic E-state index is -3.72. The van der Waals surface area contributed by atoms with Crippen molar-refractivity contribution >= 4 is 27.5 Å². The number of hydrogen-bond acceptors (Lipinski definition) is 4. The zero-order valence-electron chi connectivity index (χ0n) is 17.6. The number of carbonyl (C=O) groups is 1. The Labute approximate surface area is 188 Å². The molecule has 0 bridgehead atoms. The summed E-state index contributed by atoms with van der Waals surface area (Å²) in [5.74, 6) is -0.0469. The molecule has 3 aromatic carbocycles. The van der Waals surface area contributed by atoms with Crippen molar-refractivity contribution < 1.29 is 13.2 Å². The molecule has 1 fully saturated rings. The average molecular weight is 451 g/mol. The van der Waals surface area contributed by atoms with Crippen molar-refractivity contribution in [2.45, 2.75) is 6.54 Å². The van der Waals surface area contributed by atoms with E-state index in [1.165, 1.54) is 0 Å². The lowest BCUT2D eigenvalue weighted by Crippen LogP contribution is -2.48. The lowest BCUT2D eigenvalue weighted by atomic mass is 10.1. The van der Waals surface area contributed by atoms with Gasteiger partial charge in [0.05, 0.1) is 0 Å². The molecule has 4 rings (SSSR count). The van der Waals surface area contributed by atoms with Crippen LogP contribution in [0.5, 0.6) is 0 Å². The van der Waals surface area contributed by atoms with Gasteiger partial charge in [-0.1, -0.05) is 48.5 Å². The third kappa shape index (κ3) is 5.66. The standard InChI is InChI=1S/C24H26N4O3S/c29-24(28-17-15-27(16-18-28)23-9-5-2-6-10-23)21-11-13-22(14-12-21)26-32(30,31)25-19-20-7-3-1-4-8-20/h1-14,25-26H,15-19H2. The van der Waals surface area contributed by atoms with Gasteiger partial charge in [0, 0.05) is 49.7 Å². The fourth-order valence-electron chi connectivity index (χ4n) is 3.64. The van der Waals surface area contributed by atoms with E-state index >= 15 is 0 Å². The minimum Gasteiger partial charge on any atom is -0.368 e. The molecule has 166 valence electrons. The number of nitrogens with one attached hydrogen (secondary N) is 2. The Morgan fingerprint density at radius 1 is 0.781 bits per heavy atom. The number of hydrogen-bond donors (Lipinski definition) is 2. The molecule has 7 nitrogen and oxygen atoms in total. The fraction of sp³-hybridized carbons (Fsp3) is 0.208. The van der Waals surface area contributed by atoms with Crippen LogP contribution < -0.4 is 14.3 Å². The Kier molecular flexibility index (Phi) is 6.72. The van der Waals surface area contributed by atoms with Gasteiger partial charge in [-0.05, 0) is 42.0 Å². The molecule has 1 heterocycles. The molecular formula is C24H26N4O3S. The number of amides is 1. The molecule has 0 spiro atoms. The Morgan fingerprint density at radius 3 is 2.00 bits per heavy atom. The number of carbonyl (C=O) groups excluding carboxylic acids is 1. The van der Waals surface area contributed by atoms with Crippen molar-refractivity contribution in [2.75, 3.05) is 35.8 Å². The molecule has 0 aliphatic carbocycles. The fourth-order valence-corrected chi connectivity index (χ4v) is 4.51. The third-order valence-electron chi connectivity index (χ3n) is 5.38. The Hall–Kier alpha value is -3.36. The van der Waals surface area contributed by atoms with Gasteiger partial charge in [0.1, 0.15) is 0 Å². The van der Waals surface area contributed by atoms with Crippen LogP contribution in [-0.2, 0) is 16.8 Å². The molecular weight excluding hydrogens is 424 g/mol. The van der Waals surface area contributed by atoms with E-state index in [2.05, 4.69) is 26.5 Å². The number of piperazine rings is 1. The van der Waals surface area contributed by atoms with Crippen molar-refractivity contribution in [1.29, 1.82) is 0 Å². The van der Waals surface area contributed by atoms with Crippen LogP contribution in [0.2, 0.25) is 0 Å². The second-order valence-corrected chi connectivity index (χ2v) is 9.10. The molecule has 2 N–H and O–H groups in total. The molecule has 1 amide bonds. The molecule has 0 radical (unpaired) electrons. The van der Waals surface area contributed by atoms with Crippen LogP contribution in [0.1, 0.15) is 15.9 Å². The molecule has 1 aliphatic heterocycles. The summed E-state index contributed by atoms with van der Waals surface area (Å²) in [6.45, 7) is 3.04. The van der Waals surface area contributed by atoms with E-state index in [1.807, 2.05) is 53.4 Å². The smallest absolute Gasteiger partial charge is 0.299 e. The summed E-state index contributed by atoms with van der Waals surface area (Å²) in [5.41, 5.74) is 2.97. The Balaban J connectivity index is 1.31. The Bertz CT molecular complexity index is 1130. The summed E-state index contributed by atoms with van der Waals surface area (Å²) < 4.78 is 29.6. The summed E-state index contributed by atoms with van der Waals surface area (Å²) in [4.78, 5) is 17.0. The average Bonchev–Trinajstić information content (AvgIpc) is 2.84. The van der Waals surface area contributed by atoms with E-state index in [4.69, 9.17) is 0 Å². The van der Waals surface area contributed by atoms with Crippen molar-refractivity contribution in [1.82, 2.24) is 9.62 Å². The topological polar surface area (TPSA) is 81.7 Å². The zero-order chi connectivity index (χ0) is 22.4. The number of anilines is 2. The van der Waals surface area contributed by atoms with Crippen LogP contribution in [0.25, 0.3) is 0 Å². The number of benzene rings is 3. The predicted octanol–water partition coefficient (Wildman–Crippen LogP) is 3.10. The minimum absolute atomic E-state index is 0.0469. The molecule has 0 saturated carbocycles. The molecule has 0 atom stereocenters. The number of para-hydroxylation sites is 1.